The fourth-order valence-electron chi connectivity index (χ4n) is 3.87. The molecule has 1 amide bonds. The van der Waals surface area contributed by atoms with Crippen LogP contribution < -0.4 is 15.1 Å². The molecular formula is C26H25Cl2N3O2. The molecule has 1 heterocycles. The smallest absolute Gasteiger partial charge is 0.275 e. The number of hydrogen-bond acceptors (Lipinski definition) is 4. The van der Waals surface area contributed by atoms with Crippen molar-refractivity contribution < 1.29 is 9.53 Å². The molecule has 0 radical (unpaired) electrons. The van der Waals surface area contributed by atoms with Gasteiger partial charge in [0.2, 0.25) is 0 Å². The van der Waals surface area contributed by atoms with Crippen LogP contribution in [0.4, 0.5) is 5.69 Å². The zero-order valence-corrected chi connectivity index (χ0v) is 19.9. The number of rotatable bonds is 7. The second kappa shape index (κ2) is 10.7. The number of anilines is 1. The predicted octanol–water partition coefficient (Wildman–Crippen LogP) is 6.24. The minimum absolute atomic E-state index is 0.214. The van der Waals surface area contributed by atoms with E-state index in [-0.39, 0.29) is 12.5 Å². The van der Waals surface area contributed by atoms with Crippen molar-refractivity contribution >= 4 is 41.0 Å². The predicted molar refractivity (Wildman–Crippen MR) is 135 cm³/mol. The standard InChI is InChI=1S/C26H25Cl2N3O2/c1-18-14-19(8-11-24(18)31-12-4-5-13-31)16-29-30-26(32)22-6-2-3-7-25(22)33-17-20-9-10-21(27)15-23(20)28/h2-3,6-11,14-16H,4-5,12-13,17H2,1H3,(H,30,32)/b29-16+. The van der Waals surface area contributed by atoms with Gasteiger partial charge in [0.05, 0.1) is 11.8 Å². The number of nitrogens with one attached hydrogen (secondary N) is 1. The highest BCUT2D eigenvalue weighted by molar-refractivity contribution is 6.35. The number of amides is 1. The number of halogens is 2. The van der Waals surface area contributed by atoms with Gasteiger partial charge in [-0.05, 0) is 67.3 Å². The minimum Gasteiger partial charge on any atom is -0.488 e. The maximum atomic E-state index is 12.7. The van der Waals surface area contributed by atoms with Gasteiger partial charge in [0, 0.05) is 34.4 Å². The van der Waals surface area contributed by atoms with E-state index in [2.05, 4.69) is 34.5 Å². The van der Waals surface area contributed by atoms with Crippen molar-refractivity contribution in [3.05, 3.63) is 93.0 Å². The van der Waals surface area contributed by atoms with Gasteiger partial charge in [-0.25, -0.2) is 5.43 Å². The van der Waals surface area contributed by atoms with Gasteiger partial charge in [0.1, 0.15) is 12.4 Å². The molecule has 3 aromatic rings. The average Bonchev–Trinajstić information content (AvgIpc) is 3.33. The van der Waals surface area contributed by atoms with E-state index in [1.165, 1.54) is 24.1 Å². The van der Waals surface area contributed by atoms with E-state index in [1.54, 1.807) is 42.6 Å². The summed E-state index contributed by atoms with van der Waals surface area (Å²) in [6.45, 7) is 4.53. The number of carbonyl (C=O) groups excluding carboxylic acids is 1. The van der Waals surface area contributed by atoms with E-state index >= 15 is 0 Å². The lowest BCUT2D eigenvalue weighted by Gasteiger charge is -2.20. The largest absolute Gasteiger partial charge is 0.488 e. The summed E-state index contributed by atoms with van der Waals surface area (Å²) in [7, 11) is 0. The number of hydrogen-bond donors (Lipinski definition) is 1. The molecule has 5 nitrogen and oxygen atoms in total. The van der Waals surface area contributed by atoms with Crippen LogP contribution in [-0.4, -0.2) is 25.2 Å². The van der Waals surface area contributed by atoms with Crippen LogP contribution in [0.2, 0.25) is 10.0 Å². The SMILES string of the molecule is Cc1cc(/C=N/NC(=O)c2ccccc2OCc2ccc(Cl)cc2Cl)ccc1N1CCCC1. The summed E-state index contributed by atoms with van der Waals surface area (Å²) in [6, 6.07) is 18.4. The Morgan fingerprint density at radius 3 is 2.64 bits per heavy atom. The molecule has 0 atom stereocenters. The molecule has 0 aromatic heterocycles. The molecule has 0 bridgehead atoms. The maximum absolute atomic E-state index is 12.7. The number of nitrogens with zero attached hydrogens (tertiary/aromatic N) is 2. The Balaban J connectivity index is 1.39. The molecule has 1 saturated heterocycles. The third-order valence-corrected chi connectivity index (χ3v) is 6.16. The van der Waals surface area contributed by atoms with Crippen molar-refractivity contribution in [3.63, 3.8) is 0 Å². The third kappa shape index (κ3) is 5.86. The van der Waals surface area contributed by atoms with Crippen LogP contribution in [0.3, 0.4) is 0 Å². The number of para-hydroxylation sites is 1. The minimum atomic E-state index is -0.352. The molecule has 0 aliphatic carbocycles. The molecule has 1 fully saturated rings. The molecule has 3 aromatic carbocycles. The van der Waals surface area contributed by atoms with Crippen LogP contribution in [0.25, 0.3) is 0 Å². The Bertz CT molecular complexity index is 1170. The van der Waals surface area contributed by atoms with Crippen molar-refractivity contribution in [3.8, 4) is 5.75 Å². The topological polar surface area (TPSA) is 53.9 Å². The van der Waals surface area contributed by atoms with Gasteiger partial charge in [0.15, 0.2) is 0 Å². The van der Waals surface area contributed by atoms with Gasteiger partial charge < -0.3 is 9.64 Å². The van der Waals surface area contributed by atoms with E-state index < -0.39 is 0 Å². The molecule has 0 saturated carbocycles. The number of ether oxygens (including phenoxy) is 1. The fourth-order valence-corrected chi connectivity index (χ4v) is 4.33. The lowest BCUT2D eigenvalue weighted by Crippen LogP contribution is -2.19. The second-order valence-electron chi connectivity index (χ2n) is 7.96. The summed E-state index contributed by atoms with van der Waals surface area (Å²) in [5.74, 6) is 0.0940. The van der Waals surface area contributed by atoms with Crippen molar-refractivity contribution in [1.82, 2.24) is 5.43 Å². The first kappa shape index (κ1) is 23.1. The van der Waals surface area contributed by atoms with Crippen LogP contribution in [0, 0.1) is 6.92 Å². The number of carbonyl (C=O) groups is 1. The first-order valence-electron chi connectivity index (χ1n) is 10.9. The van der Waals surface area contributed by atoms with E-state index in [9.17, 15) is 4.79 Å². The van der Waals surface area contributed by atoms with E-state index in [0.717, 1.165) is 24.2 Å². The Labute approximate surface area is 204 Å². The molecule has 1 aliphatic rings. The number of benzene rings is 3. The second-order valence-corrected chi connectivity index (χ2v) is 8.80. The summed E-state index contributed by atoms with van der Waals surface area (Å²) in [6.07, 6.45) is 4.13. The van der Waals surface area contributed by atoms with Crippen LogP contribution >= 0.6 is 23.2 Å². The Kier molecular flexibility index (Phi) is 7.53. The van der Waals surface area contributed by atoms with Crippen molar-refractivity contribution in [2.24, 2.45) is 5.10 Å². The van der Waals surface area contributed by atoms with Crippen molar-refractivity contribution in [2.45, 2.75) is 26.4 Å². The third-order valence-electron chi connectivity index (χ3n) is 5.58. The first-order valence-corrected chi connectivity index (χ1v) is 11.6. The summed E-state index contributed by atoms with van der Waals surface area (Å²) >= 11 is 12.2. The summed E-state index contributed by atoms with van der Waals surface area (Å²) in [5.41, 5.74) is 7.15. The average molecular weight is 482 g/mol. The highest BCUT2D eigenvalue weighted by atomic mass is 35.5. The van der Waals surface area contributed by atoms with Gasteiger partial charge in [0.25, 0.3) is 5.91 Å². The lowest BCUT2D eigenvalue weighted by molar-refractivity contribution is 0.0950. The van der Waals surface area contributed by atoms with Gasteiger partial charge in [-0.2, -0.15) is 5.10 Å². The lowest BCUT2D eigenvalue weighted by atomic mass is 10.1. The number of hydrazone groups is 1. The monoisotopic (exact) mass is 481 g/mol. The van der Waals surface area contributed by atoms with Crippen LogP contribution in [0.1, 0.15) is 39.9 Å². The van der Waals surface area contributed by atoms with E-state index in [4.69, 9.17) is 27.9 Å². The quantitative estimate of drug-likeness (QED) is 0.320. The summed E-state index contributed by atoms with van der Waals surface area (Å²) < 4.78 is 5.86. The normalized spacial score (nSPS) is 13.5. The molecule has 0 spiro atoms. The Morgan fingerprint density at radius 1 is 1.09 bits per heavy atom. The molecule has 7 heteroatoms. The highest BCUT2D eigenvalue weighted by Gasteiger charge is 2.15. The summed E-state index contributed by atoms with van der Waals surface area (Å²) in [5, 5.41) is 5.21. The van der Waals surface area contributed by atoms with Crippen LogP contribution in [-0.2, 0) is 6.61 Å². The fraction of sp³-hybridized carbons (Fsp3) is 0.231. The Morgan fingerprint density at radius 2 is 1.88 bits per heavy atom. The zero-order valence-electron chi connectivity index (χ0n) is 18.4. The zero-order chi connectivity index (χ0) is 23.2. The first-order chi connectivity index (χ1) is 16.0. The molecule has 4 rings (SSSR count). The van der Waals surface area contributed by atoms with Gasteiger partial charge >= 0.3 is 0 Å². The molecule has 33 heavy (non-hydrogen) atoms. The molecule has 1 aliphatic heterocycles. The highest BCUT2D eigenvalue weighted by Crippen LogP contribution is 2.26. The number of aryl methyl sites for hydroxylation is 1. The van der Waals surface area contributed by atoms with Crippen molar-refractivity contribution in [2.75, 3.05) is 18.0 Å². The van der Waals surface area contributed by atoms with Gasteiger partial charge in [-0.3, -0.25) is 4.79 Å². The van der Waals surface area contributed by atoms with Gasteiger partial charge in [-0.1, -0.05) is 47.5 Å². The Hall–Kier alpha value is -3.02. The summed E-state index contributed by atoms with van der Waals surface area (Å²) in [4.78, 5) is 15.1. The maximum Gasteiger partial charge on any atom is 0.275 e. The molecule has 0 unspecified atom stereocenters. The van der Waals surface area contributed by atoms with Crippen LogP contribution in [0.5, 0.6) is 5.75 Å². The molecule has 170 valence electrons. The van der Waals surface area contributed by atoms with Crippen molar-refractivity contribution in [1.29, 1.82) is 0 Å². The molecule has 1 N–H and O–H groups in total. The van der Waals surface area contributed by atoms with E-state index in [0.29, 0.717) is 21.4 Å². The van der Waals surface area contributed by atoms with E-state index in [1.807, 2.05) is 12.1 Å². The molecular weight excluding hydrogens is 457 g/mol. The van der Waals surface area contributed by atoms with Gasteiger partial charge in [-0.15, -0.1) is 0 Å². The van der Waals surface area contributed by atoms with Crippen LogP contribution in [0.15, 0.2) is 65.8 Å².